The van der Waals surface area contributed by atoms with E-state index < -0.39 is 24.2 Å². The first kappa shape index (κ1) is 23.7. The molecule has 2 aliphatic heterocycles. The summed E-state index contributed by atoms with van der Waals surface area (Å²) < 4.78 is 10.6. The molecule has 0 radical (unpaired) electrons. The first-order valence-electron chi connectivity index (χ1n) is 11.0. The Kier molecular flexibility index (Phi) is 7.01. The number of aliphatic hydroxyl groups is 2. The van der Waals surface area contributed by atoms with Crippen LogP contribution in [0.3, 0.4) is 0 Å². The van der Waals surface area contributed by atoms with E-state index in [0.29, 0.717) is 48.3 Å². The molecular formula is C22H30N4O6S. The maximum absolute atomic E-state index is 13.4. The zero-order valence-electron chi connectivity index (χ0n) is 18.6. The molecule has 3 aliphatic rings. The molecule has 2 fully saturated rings. The van der Waals surface area contributed by atoms with Gasteiger partial charge in [0, 0.05) is 48.1 Å². The number of nitrogens with two attached hydrogens (primary N) is 1. The summed E-state index contributed by atoms with van der Waals surface area (Å²) in [6.07, 6.45) is -0.836. The summed E-state index contributed by atoms with van der Waals surface area (Å²) >= 11 is 1.39. The SMILES string of the molecule is COc1cc(NC2=N[C@@H]3[C@@H](O)[C@H](O)C[C@H](C(=O)N4CCC(C(N)=O)CC4)[C@H]3S2)cc(OC)c1. The van der Waals surface area contributed by atoms with Crippen molar-refractivity contribution in [1.29, 1.82) is 0 Å². The van der Waals surface area contributed by atoms with Gasteiger partial charge in [0.1, 0.15) is 17.6 Å². The van der Waals surface area contributed by atoms with Crippen LogP contribution in [0.15, 0.2) is 23.2 Å². The van der Waals surface area contributed by atoms with E-state index in [-0.39, 0.29) is 29.4 Å². The van der Waals surface area contributed by atoms with E-state index in [1.807, 2.05) is 0 Å². The maximum atomic E-state index is 13.4. The first-order valence-corrected chi connectivity index (χ1v) is 11.9. The molecule has 5 N–H and O–H groups in total. The Morgan fingerprint density at radius 2 is 1.79 bits per heavy atom. The van der Waals surface area contributed by atoms with Gasteiger partial charge >= 0.3 is 0 Å². The Morgan fingerprint density at radius 1 is 1.15 bits per heavy atom. The summed E-state index contributed by atoms with van der Waals surface area (Å²) in [5.74, 6) is 0.113. The minimum atomic E-state index is -1.05. The predicted octanol–water partition coefficient (Wildman–Crippen LogP) is 0.421. The molecule has 1 aliphatic carbocycles. The number of rotatable bonds is 5. The van der Waals surface area contributed by atoms with Gasteiger partial charge in [0.15, 0.2) is 5.17 Å². The van der Waals surface area contributed by atoms with Crippen LogP contribution in [-0.4, -0.2) is 82.9 Å². The number of benzene rings is 1. The number of aliphatic hydroxyl groups excluding tert-OH is 2. The Bertz CT molecular complexity index is 913. The zero-order chi connectivity index (χ0) is 23.7. The standard InChI is InChI=1S/C22H30N4O6S/c1-31-13-7-12(8-14(9-13)32-2)24-22-25-17-18(28)16(27)10-15(19(17)33-22)21(30)26-5-3-11(4-6-26)20(23)29/h7-9,11,15-19,27-28H,3-6,10H2,1-2H3,(H2,23,29)(H,24,25)/t15-,16+,17+,18-,19+/m0/s1. The largest absolute Gasteiger partial charge is 0.497 e. The van der Waals surface area contributed by atoms with Crippen molar-refractivity contribution in [2.75, 3.05) is 32.6 Å². The van der Waals surface area contributed by atoms with E-state index in [1.165, 1.54) is 11.8 Å². The average molecular weight is 479 g/mol. The van der Waals surface area contributed by atoms with Gasteiger partial charge in [-0.1, -0.05) is 11.8 Å². The smallest absolute Gasteiger partial charge is 0.227 e. The van der Waals surface area contributed by atoms with Crippen molar-refractivity contribution in [2.45, 2.75) is 42.8 Å². The van der Waals surface area contributed by atoms with Gasteiger partial charge in [0.25, 0.3) is 0 Å². The van der Waals surface area contributed by atoms with Crippen LogP contribution in [-0.2, 0) is 9.59 Å². The van der Waals surface area contributed by atoms with Crippen LogP contribution in [0, 0.1) is 11.8 Å². The molecule has 2 heterocycles. The van der Waals surface area contributed by atoms with Crippen LogP contribution in [0.5, 0.6) is 11.5 Å². The third-order valence-corrected chi connectivity index (χ3v) is 7.93. The number of amidine groups is 1. The van der Waals surface area contributed by atoms with Crippen LogP contribution < -0.4 is 20.5 Å². The number of piperidine rings is 1. The van der Waals surface area contributed by atoms with Gasteiger partial charge < -0.3 is 35.6 Å². The fourth-order valence-corrected chi connectivity index (χ4v) is 6.09. The summed E-state index contributed by atoms with van der Waals surface area (Å²) in [7, 11) is 3.13. The number of anilines is 1. The lowest BCUT2D eigenvalue weighted by molar-refractivity contribution is -0.142. The molecule has 2 amide bonds. The Morgan fingerprint density at radius 3 is 2.36 bits per heavy atom. The van der Waals surface area contributed by atoms with E-state index in [0.717, 1.165) is 0 Å². The molecule has 10 nitrogen and oxygen atoms in total. The Hall–Kier alpha value is -2.50. The van der Waals surface area contributed by atoms with Gasteiger partial charge in [-0.25, -0.2) is 0 Å². The molecular weight excluding hydrogens is 448 g/mol. The first-order chi connectivity index (χ1) is 15.8. The number of aliphatic imine (C=N–C) groups is 1. The van der Waals surface area contributed by atoms with Crippen molar-refractivity contribution >= 4 is 34.4 Å². The van der Waals surface area contributed by atoms with Crippen LogP contribution >= 0.6 is 11.8 Å². The normalized spacial score (nSPS) is 29.8. The summed E-state index contributed by atoms with van der Waals surface area (Å²) in [4.78, 5) is 31.1. The summed E-state index contributed by atoms with van der Waals surface area (Å²) in [5.41, 5.74) is 6.10. The number of ether oxygens (including phenoxy) is 2. The molecule has 11 heteroatoms. The number of thioether (sulfide) groups is 1. The highest BCUT2D eigenvalue weighted by atomic mass is 32.2. The quantitative estimate of drug-likeness (QED) is 0.476. The van der Waals surface area contributed by atoms with Gasteiger partial charge in [-0.05, 0) is 19.3 Å². The van der Waals surface area contributed by atoms with Crippen LogP contribution in [0.1, 0.15) is 19.3 Å². The van der Waals surface area contributed by atoms with Gasteiger partial charge in [-0.15, -0.1) is 0 Å². The molecule has 5 atom stereocenters. The second-order valence-corrected chi connectivity index (χ2v) is 9.80. The summed E-state index contributed by atoms with van der Waals surface area (Å²) in [5, 5.41) is 24.5. The number of nitrogens with one attached hydrogen (secondary N) is 1. The molecule has 180 valence electrons. The lowest BCUT2D eigenvalue weighted by atomic mass is 9.80. The van der Waals surface area contributed by atoms with Crippen molar-refractivity contribution in [3.63, 3.8) is 0 Å². The van der Waals surface area contributed by atoms with Crippen molar-refractivity contribution < 1.29 is 29.3 Å². The van der Waals surface area contributed by atoms with Gasteiger partial charge in [0.2, 0.25) is 11.8 Å². The second-order valence-electron chi connectivity index (χ2n) is 8.64. The molecule has 0 bridgehead atoms. The highest BCUT2D eigenvalue weighted by Gasteiger charge is 2.51. The molecule has 0 aromatic heterocycles. The van der Waals surface area contributed by atoms with E-state index in [1.54, 1.807) is 37.3 Å². The number of methoxy groups -OCH3 is 2. The fraction of sp³-hybridized carbons (Fsp3) is 0.591. The number of likely N-dealkylation sites (tertiary alicyclic amines) is 1. The van der Waals surface area contributed by atoms with Crippen molar-refractivity contribution in [2.24, 2.45) is 22.6 Å². The van der Waals surface area contributed by atoms with Crippen LogP contribution in [0.25, 0.3) is 0 Å². The molecule has 1 saturated carbocycles. The molecule has 4 rings (SSSR count). The number of fused-ring (bicyclic) bond motifs is 1. The van der Waals surface area contributed by atoms with Gasteiger partial charge in [0.05, 0.1) is 32.3 Å². The highest BCUT2D eigenvalue weighted by Crippen LogP contribution is 2.42. The lowest BCUT2D eigenvalue weighted by Gasteiger charge is -2.40. The highest BCUT2D eigenvalue weighted by molar-refractivity contribution is 8.15. The number of hydrogen-bond donors (Lipinski definition) is 4. The minimum Gasteiger partial charge on any atom is -0.497 e. The van der Waals surface area contributed by atoms with Crippen molar-refractivity contribution in [1.82, 2.24) is 4.90 Å². The Labute approximate surface area is 196 Å². The molecule has 0 unspecified atom stereocenters. The fourth-order valence-electron chi connectivity index (χ4n) is 4.72. The maximum Gasteiger partial charge on any atom is 0.227 e. The lowest BCUT2D eigenvalue weighted by Crippen LogP contribution is -2.55. The third kappa shape index (κ3) is 4.90. The zero-order valence-corrected chi connectivity index (χ0v) is 19.5. The summed E-state index contributed by atoms with van der Waals surface area (Å²) in [6.45, 7) is 0.915. The van der Waals surface area contributed by atoms with E-state index in [2.05, 4.69) is 10.3 Å². The van der Waals surface area contributed by atoms with Crippen LogP contribution in [0.2, 0.25) is 0 Å². The van der Waals surface area contributed by atoms with Crippen molar-refractivity contribution in [3.8, 4) is 11.5 Å². The molecule has 33 heavy (non-hydrogen) atoms. The molecule has 0 spiro atoms. The van der Waals surface area contributed by atoms with E-state index in [4.69, 9.17) is 15.2 Å². The van der Waals surface area contributed by atoms with E-state index >= 15 is 0 Å². The number of primary amides is 1. The summed E-state index contributed by atoms with van der Waals surface area (Å²) in [6, 6.07) is 4.74. The third-order valence-electron chi connectivity index (χ3n) is 6.62. The topological polar surface area (TPSA) is 147 Å². The van der Waals surface area contributed by atoms with Gasteiger partial charge in [-0.2, -0.15) is 0 Å². The number of hydrogen-bond acceptors (Lipinski definition) is 9. The van der Waals surface area contributed by atoms with Crippen molar-refractivity contribution in [3.05, 3.63) is 18.2 Å². The number of carbonyl (C=O) groups is 2. The van der Waals surface area contributed by atoms with E-state index in [9.17, 15) is 19.8 Å². The molecule has 1 saturated heterocycles. The predicted molar refractivity (Wildman–Crippen MR) is 124 cm³/mol. The minimum absolute atomic E-state index is 0.0779. The number of nitrogens with zero attached hydrogens (tertiary/aromatic N) is 2. The monoisotopic (exact) mass is 478 g/mol. The molecule has 1 aromatic carbocycles. The second kappa shape index (κ2) is 9.78. The van der Waals surface area contributed by atoms with Crippen LogP contribution in [0.4, 0.5) is 5.69 Å². The Balaban J connectivity index is 1.48. The number of amides is 2. The average Bonchev–Trinajstić information content (AvgIpc) is 3.24. The van der Waals surface area contributed by atoms with Gasteiger partial charge in [-0.3, -0.25) is 14.6 Å². The number of carbonyl (C=O) groups excluding carboxylic acids is 2. The molecule has 1 aromatic rings.